The molecule has 0 aliphatic rings. The molecule has 0 fully saturated rings. The van der Waals surface area contributed by atoms with Crippen molar-refractivity contribution in [1.29, 1.82) is 5.41 Å². The number of rotatable bonds is 9. The third-order valence-corrected chi connectivity index (χ3v) is 5.52. The summed E-state index contributed by atoms with van der Waals surface area (Å²) in [7, 11) is 1.24. The topological polar surface area (TPSA) is 178 Å². The SMILES string of the molecule is COC(=O)c1cc(N)cc(-c2c(Cl)nc(NC(C)C)c(=O)n2CC(=O)NCc2ccc(C(=N)N)cc2)c1. The van der Waals surface area contributed by atoms with E-state index in [1.54, 1.807) is 24.3 Å². The highest BCUT2D eigenvalue weighted by Crippen LogP contribution is 2.29. The number of halogens is 1. The standard InChI is InChI=1S/C25H28ClN7O4/c1-13(2)31-23-24(35)33(12-19(34)30-11-14-4-6-15(7-5-14)22(28)29)20(21(26)32-23)16-8-17(25(36)37-3)10-18(27)9-16/h4-10,13H,11-12,27H2,1-3H3,(H3,28,29)(H,30,34)(H,31,32). The van der Waals surface area contributed by atoms with Gasteiger partial charge in [-0.3, -0.25) is 19.6 Å². The van der Waals surface area contributed by atoms with Crippen LogP contribution in [0.2, 0.25) is 5.15 Å². The third-order valence-electron chi connectivity index (χ3n) is 5.25. The van der Waals surface area contributed by atoms with Crippen molar-refractivity contribution in [2.75, 3.05) is 18.2 Å². The summed E-state index contributed by atoms with van der Waals surface area (Å²) in [6.45, 7) is 3.47. The molecule has 1 amide bonds. The maximum absolute atomic E-state index is 13.4. The van der Waals surface area contributed by atoms with Crippen LogP contribution < -0.4 is 27.7 Å². The fraction of sp³-hybridized carbons (Fsp3) is 0.240. The highest BCUT2D eigenvalue weighted by atomic mass is 35.5. The van der Waals surface area contributed by atoms with Gasteiger partial charge in [0.05, 0.1) is 18.4 Å². The maximum atomic E-state index is 13.4. The van der Waals surface area contributed by atoms with Crippen molar-refractivity contribution in [1.82, 2.24) is 14.9 Å². The van der Waals surface area contributed by atoms with Crippen LogP contribution in [0, 0.1) is 5.41 Å². The number of nitrogens with one attached hydrogen (secondary N) is 3. The molecule has 0 unspecified atom stereocenters. The van der Waals surface area contributed by atoms with Crippen LogP contribution in [0.25, 0.3) is 11.3 Å². The Bertz CT molecular complexity index is 1400. The summed E-state index contributed by atoms with van der Waals surface area (Å²) in [6, 6.07) is 11.1. The molecule has 194 valence electrons. The second kappa shape index (κ2) is 11.6. The van der Waals surface area contributed by atoms with Crippen molar-refractivity contribution in [2.45, 2.75) is 33.0 Å². The number of hydrogen-bond donors (Lipinski definition) is 5. The molecule has 0 aliphatic carbocycles. The van der Waals surface area contributed by atoms with Crippen LogP contribution in [0.3, 0.4) is 0 Å². The van der Waals surface area contributed by atoms with E-state index in [9.17, 15) is 14.4 Å². The van der Waals surface area contributed by atoms with Crippen LogP contribution in [0.15, 0.2) is 47.3 Å². The number of nitrogens with two attached hydrogens (primary N) is 2. The Kier molecular flexibility index (Phi) is 8.51. The lowest BCUT2D eigenvalue weighted by Crippen LogP contribution is -2.35. The molecule has 7 N–H and O–H groups in total. The Morgan fingerprint density at radius 3 is 2.43 bits per heavy atom. The van der Waals surface area contributed by atoms with Gasteiger partial charge in [-0.1, -0.05) is 35.9 Å². The van der Waals surface area contributed by atoms with Gasteiger partial charge >= 0.3 is 5.97 Å². The molecule has 37 heavy (non-hydrogen) atoms. The average Bonchev–Trinajstić information content (AvgIpc) is 2.84. The van der Waals surface area contributed by atoms with Crippen molar-refractivity contribution < 1.29 is 14.3 Å². The Morgan fingerprint density at radius 2 is 1.84 bits per heavy atom. The van der Waals surface area contributed by atoms with E-state index in [0.717, 1.165) is 5.56 Å². The minimum absolute atomic E-state index is 0.0199. The fourth-order valence-electron chi connectivity index (χ4n) is 3.56. The number of nitrogen functional groups attached to an aromatic ring is 2. The number of carbonyl (C=O) groups is 2. The number of hydrogen-bond acceptors (Lipinski definition) is 8. The molecule has 12 heteroatoms. The number of esters is 1. The van der Waals surface area contributed by atoms with E-state index in [0.29, 0.717) is 11.1 Å². The lowest BCUT2D eigenvalue weighted by atomic mass is 10.1. The number of amides is 1. The van der Waals surface area contributed by atoms with Gasteiger partial charge in [0, 0.05) is 29.4 Å². The molecule has 1 aromatic heterocycles. The van der Waals surface area contributed by atoms with E-state index in [1.807, 2.05) is 13.8 Å². The van der Waals surface area contributed by atoms with Crippen LogP contribution in [0.1, 0.15) is 35.3 Å². The largest absolute Gasteiger partial charge is 0.465 e. The van der Waals surface area contributed by atoms with E-state index < -0.39 is 17.4 Å². The van der Waals surface area contributed by atoms with Crippen LogP contribution in [-0.4, -0.2) is 40.4 Å². The van der Waals surface area contributed by atoms with E-state index in [2.05, 4.69) is 15.6 Å². The maximum Gasteiger partial charge on any atom is 0.337 e. The fourth-order valence-corrected chi connectivity index (χ4v) is 3.85. The molecule has 3 aromatic rings. The molecule has 0 bridgehead atoms. The Hall–Kier alpha value is -4.38. The first-order valence-electron chi connectivity index (χ1n) is 11.3. The molecule has 0 atom stereocenters. The minimum Gasteiger partial charge on any atom is -0.465 e. The molecule has 0 spiro atoms. The molecule has 2 aromatic carbocycles. The van der Waals surface area contributed by atoms with Gasteiger partial charge < -0.3 is 26.8 Å². The molecule has 3 rings (SSSR count). The first-order valence-corrected chi connectivity index (χ1v) is 11.6. The van der Waals surface area contributed by atoms with Gasteiger partial charge in [-0.05, 0) is 37.6 Å². The second-order valence-corrected chi connectivity index (χ2v) is 8.87. The van der Waals surface area contributed by atoms with E-state index in [4.69, 9.17) is 33.2 Å². The van der Waals surface area contributed by atoms with Crippen molar-refractivity contribution in [3.05, 3.63) is 74.7 Å². The van der Waals surface area contributed by atoms with Gasteiger partial charge in [0.2, 0.25) is 5.91 Å². The molecule has 11 nitrogen and oxygen atoms in total. The van der Waals surface area contributed by atoms with Crippen molar-refractivity contribution in [2.24, 2.45) is 5.73 Å². The van der Waals surface area contributed by atoms with E-state index in [-0.39, 0.29) is 52.9 Å². The quantitative estimate of drug-likeness (QED) is 0.122. The lowest BCUT2D eigenvalue weighted by Gasteiger charge is -2.18. The highest BCUT2D eigenvalue weighted by molar-refractivity contribution is 6.32. The highest BCUT2D eigenvalue weighted by Gasteiger charge is 2.21. The van der Waals surface area contributed by atoms with Gasteiger partial charge in [-0.15, -0.1) is 0 Å². The summed E-state index contributed by atoms with van der Waals surface area (Å²) in [5, 5.41) is 13.1. The van der Waals surface area contributed by atoms with Gasteiger partial charge in [-0.25, -0.2) is 9.78 Å². The number of methoxy groups -OCH3 is 1. The van der Waals surface area contributed by atoms with Crippen LogP contribution in [0.5, 0.6) is 0 Å². The molecular formula is C25H28ClN7O4. The Morgan fingerprint density at radius 1 is 1.16 bits per heavy atom. The Labute approximate surface area is 218 Å². The zero-order chi connectivity index (χ0) is 27.3. The number of amidine groups is 1. The zero-order valence-electron chi connectivity index (χ0n) is 20.6. The number of nitrogens with zero attached hydrogens (tertiary/aromatic N) is 2. The molecular weight excluding hydrogens is 498 g/mol. The first-order chi connectivity index (χ1) is 17.5. The summed E-state index contributed by atoms with van der Waals surface area (Å²) in [5.74, 6) is -1.17. The zero-order valence-corrected chi connectivity index (χ0v) is 21.3. The van der Waals surface area contributed by atoms with Crippen molar-refractivity contribution in [3.63, 3.8) is 0 Å². The molecule has 0 aliphatic heterocycles. The van der Waals surface area contributed by atoms with E-state index in [1.165, 1.54) is 29.9 Å². The van der Waals surface area contributed by atoms with Crippen LogP contribution >= 0.6 is 11.6 Å². The monoisotopic (exact) mass is 525 g/mol. The molecule has 1 heterocycles. The van der Waals surface area contributed by atoms with Gasteiger partial charge in [-0.2, -0.15) is 0 Å². The first kappa shape index (κ1) is 27.2. The predicted molar refractivity (Wildman–Crippen MR) is 143 cm³/mol. The van der Waals surface area contributed by atoms with Crippen LogP contribution in [-0.2, 0) is 22.6 Å². The smallest absolute Gasteiger partial charge is 0.337 e. The summed E-state index contributed by atoms with van der Waals surface area (Å²) in [5.41, 5.74) is 13.1. The van der Waals surface area contributed by atoms with Crippen molar-refractivity contribution in [3.8, 4) is 11.3 Å². The van der Waals surface area contributed by atoms with Gasteiger partial charge in [0.25, 0.3) is 5.56 Å². The summed E-state index contributed by atoms with van der Waals surface area (Å²) in [4.78, 5) is 42.6. The number of aromatic nitrogens is 2. The molecule has 0 radical (unpaired) electrons. The summed E-state index contributed by atoms with van der Waals surface area (Å²) in [6.07, 6.45) is 0. The van der Waals surface area contributed by atoms with Crippen LogP contribution in [0.4, 0.5) is 11.5 Å². The molecule has 0 saturated heterocycles. The van der Waals surface area contributed by atoms with Gasteiger partial charge in [0.15, 0.2) is 11.0 Å². The third kappa shape index (κ3) is 6.64. The normalized spacial score (nSPS) is 10.7. The average molecular weight is 526 g/mol. The number of anilines is 2. The Balaban J connectivity index is 2.00. The second-order valence-electron chi connectivity index (χ2n) is 8.51. The number of ether oxygens (including phenoxy) is 1. The predicted octanol–water partition coefficient (Wildman–Crippen LogP) is 2.35. The molecule has 0 saturated carbocycles. The summed E-state index contributed by atoms with van der Waals surface area (Å²) >= 11 is 6.51. The number of benzene rings is 2. The van der Waals surface area contributed by atoms with E-state index >= 15 is 0 Å². The summed E-state index contributed by atoms with van der Waals surface area (Å²) < 4.78 is 5.97. The lowest BCUT2D eigenvalue weighted by molar-refractivity contribution is -0.121. The number of carbonyl (C=O) groups excluding carboxylic acids is 2. The van der Waals surface area contributed by atoms with Crippen molar-refractivity contribution >= 4 is 40.8 Å². The van der Waals surface area contributed by atoms with Gasteiger partial charge in [0.1, 0.15) is 12.4 Å². The minimum atomic E-state index is -0.627.